The Hall–Kier alpha value is -1.25. The molecule has 0 radical (unpaired) electrons. The fraction of sp³-hybridized carbons (Fsp3) is 0.462. The van der Waals surface area contributed by atoms with Gasteiger partial charge in [-0.25, -0.2) is 0 Å². The van der Waals surface area contributed by atoms with E-state index in [1.807, 2.05) is 36.1 Å². The van der Waals surface area contributed by atoms with Gasteiger partial charge in [0.25, 0.3) is 5.91 Å². The van der Waals surface area contributed by atoms with Gasteiger partial charge < -0.3 is 4.90 Å². The zero-order valence-corrected chi connectivity index (χ0v) is 10.1. The van der Waals surface area contributed by atoms with E-state index < -0.39 is 0 Å². The van der Waals surface area contributed by atoms with Gasteiger partial charge in [0.1, 0.15) is 0 Å². The van der Waals surface area contributed by atoms with Crippen LogP contribution in [0.3, 0.4) is 0 Å². The Morgan fingerprint density at radius 1 is 1.50 bits per heavy atom. The maximum atomic E-state index is 12.2. The minimum atomic E-state index is 0.194. The van der Waals surface area contributed by atoms with Gasteiger partial charge in [0.05, 0.1) is 0 Å². The molecule has 1 fully saturated rings. The minimum absolute atomic E-state index is 0.194. The maximum Gasteiger partial charge on any atom is 0.253 e. The second-order valence-electron chi connectivity index (χ2n) is 4.68. The first-order valence-electron chi connectivity index (χ1n) is 6.06. The van der Waals surface area contributed by atoms with Crippen molar-refractivity contribution in [1.82, 2.24) is 4.90 Å². The summed E-state index contributed by atoms with van der Waals surface area (Å²) in [5.41, 5.74) is 1.98. The number of hydrogen-bond acceptors (Lipinski definition) is 1. The van der Waals surface area contributed by atoms with E-state index in [-0.39, 0.29) is 5.91 Å². The van der Waals surface area contributed by atoms with Gasteiger partial charge in [-0.05, 0) is 25.5 Å². The van der Waals surface area contributed by atoms with E-state index in [4.69, 9.17) is 0 Å². The summed E-state index contributed by atoms with van der Waals surface area (Å²) in [4.78, 5) is 14.2. The molecule has 1 aliphatic heterocycles. The summed E-state index contributed by atoms with van der Waals surface area (Å²) in [6, 6.07) is 7.86. The number of nitrogens with zero attached hydrogens (tertiary/aromatic N) is 1. The van der Waals surface area contributed by atoms with Gasteiger partial charge in [-0.3, -0.25) is 4.79 Å². The first-order valence-corrected chi connectivity index (χ1v) is 6.06. The van der Waals surface area contributed by atoms with Crippen molar-refractivity contribution in [1.29, 1.82) is 0 Å². The number of aryl methyl sites for hydroxylation is 1. The summed E-state index contributed by atoms with van der Waals surface area (Å²) >= 11 is 0. The molecule has 1 heterocycles. The van der Waals surface area contributed by atoms with Crippen molar-refractivity contribution in [2.75, 3.05) is 13.0 Å². The van der Waals surface area contributed by atoms with E-state index in [1.165, 1.54) is 6.32 Å². The van der Waals surface area contributed by atoms with E-state index in [0.717, 1.165) is 30.4 Å². The number of rotatable bonds is 2. The zero-order valence-electron chi connectivity index (χ0n) is 10.1. The lowest BCUT2D eigenvalue weighted by molar-refractivity contribution is 0.0800. The minimum Gasteiger partial charge on any atom is -0.347 e. The molecule has 0 N–H and O–H groups in total. The molecule has 84 valence electrons. The molecular formula is C13H18BNO. The molecule has 1 saturated heterocycles. The van der Waals surface area contributed by atoms with Crippen LogP contribution in [0.1, 0.15) is 22.8 Å². The fourth-order valence-electron chi connectivity index (χ4n) is 2.31. The first-order chi connectivity index (χ1) is 7.70. The van der Waals surface area contributed by atoms with Crippen molar-refractivity contribution in [3.63, 3.8) is 0 Å². The zero-order chi connectivity index (χ0) is 11.5. The largest absolute Gasteiger partial charge is 0.347 e. The second kappa shape index (κ2) is 4.73. The average Bonchev–Trinajstić information content (AvgIpc) is 2.76. The van der Waals surface area contributed by atoms with E-state index in [1.54, 1.807) is 0 Å². The molecule has 0 bridgehead atoms. The molecule has 1 aromatic carbocycles. The smallest absolute Gasteiger partial charge is 0.253 e. The van der Waals surface area contributed by atoms with Crippen LogP contribution in [0.25, 0.3) is 0 Å². The summed E-state index contributed by atoms with van der Waals surface area (Å²) in [5.74, 6) is 0.194. The molecule has 1 aromatic rings. The van der Waals surface area contributed by atoms with E-state index in [0.29, 0.717) is 6.71 Å². The maximum absolute atomic E-state index is 12.2. The number of amides is 1. The van der Waals surface area contributed by atoms with Crippen LogP contribution in [0.15, 0.2) is 24.3 Å². The molecule has 1 amide bonds. The third-order valence-electron chi connectivity index (χ3n) is 3.42. The van der Waals surface area contributed by atoms with Crippen LogP contribution in [-0.2, 0) is 0 Å². The van der Waals surface area contributed by atoms with Crippen LogP contribution in [0.4, 0.5) is 0 Å². The highest BCUT2D eigenvalue weighted by Crippen LogP contribution is 2.16. The Morgan fingerprint density at radius 2 is 2.31 bits per heavy atom. The van der Waals surface area contributed by atoms with Crippen molar-refractivity contribution in [3.8, 4) is 0 Å². The van der Waals surface area contributed by atoms with Crippen molar-refractivity contribution in [3.05, 3.63) is 35.4 Å². The second-order valence-corrected chi connectivity index (χ2v) is 4.68. The number of hydrogen-bond donors (Lipinski definition) is 0. The van der Waals surface area contributed by atoms with Crippen LogP contribution in [-0.4, -0.2) is 30.5 Å². The monoisotopic (exact) mass is 215 g/mol. The molecular weight excluding hydrogens is 197 g/mol. The molecule has 16 heavy (non-hydrogen) atoms. The fourth-order valence-corrected chi connectivity index (χ4v) is 2.31. The summed E-state index contributed by atoms with van der Waals surface area (Å²) in [7, 11) is 0. The normalized spacial score (nSPS) is 15.6. The van der Waals surface area contributed by atoms with Crippen LogP contribution in [0.5, 0.6) is 0 Å². The predicted octanol–water partition coefficient (Wildman–Crippen LogP) is 2.50. The molecule has 0 aromatic heterocycles. The Balaban J connectivity index is 2.08. The van der Waals surface area contributed by atoms with Crippen LogP contribution >= 0.6 is 0 Å². The van der Waals surface area contributed by atoms with Gasteiger partial charge >= 0.3 is 0 Å². The van der Waals surface area contributed by atoms with E-state index >= 15 is 0 Å². The van der Waals surface area contributed by atoms with Gasteiger partial charge in [-0.2, -0.15) is 0 Å². The van der Waals surface area contributed by atoms with E-state index in [9.17, 15) is 4.79 Å². The predicted molar refractivity (Wildman–Crippen MR) is 68.1 cm³/mol. The third-order valence-corrected chi connectivity index (χ3v) is 3.42. The highest BCUT2D eigenvalue weighted by molar-refractivity contribution is 6.60. The topological polar surface area (TPSA) is 20.3 Å². The molecule has 2 rings (SSSR count). The molecule has 2 nitrogen and oxygen atoms in total. The molecule has 0 spiro atoms. The van der Waals surface area contributed by atoms with Gasteiger partial charge in [0.2, 0.25) is 0 Å². The van der Waals surface area contributed by atoms with Gasteiger partial charge in [0.15, 0.2) is 6.71 Å². The highest BCUT2D eigenvalue weighted by Gasteiger charge is 2.27. The average molecular weight is 215 g/mol. The van der Waals surface area contributed by atoms with Crippen molar-refractivity contribution in [2.24, 2.45) is 0 Å². The Kier molecular flexibility index (Phi) is 3.32. The molecule has 3 heteroatoms. The van der Waals surface area contributed by atoms with E-state index in [2.05, 4.69) is 6.92 Å². The third kappa shape index (κ3) is 2.29. The lowest BCUT2D eigenvalue weighted by atomic mass is 9.47. The van der Waals surface area contributed by atoms with Crippen LogP contribution < -0.4 is 0 Å². The standard InChI is InChI=1S/C13H18BNO/c1-3-14-7-8-15(10-14)13(16)12-6-4-5-11(2)9-12/h4-6,9H,3,7-8,10H2,1-2H3. The van der Waals surface area contributed by atoms with Crippen LogP contribution in [0.2, 0.25) is 12.6 Å². The van der Waals surface area contributed by atoms with Crippen molar-refractivity contribution < 1.29 is 4.79 Å². The highest BCUT2D eigenvalue weighted by atomic mass is 16.2. The van der Waals surface area contributed by atoms with Crippen molar-refractivity contribution in [2.45, 2.75) is 26.5 Å². The molecule has 0 atom stereocenters. The molecule has 0 unspecified atom stereocenters. The summed E-state index contributed by atoms with van der Waals surface area (Å²) in [6.45, 7) is 5.85. The lowest BCUT2D eigenvalue weighted by Crippen LogP contribution is -2.30. The Labute approximate surface area is 97.7 Å². The summed E-state index contributed by atoms with van der Waals surface area (Å²) < 4.78 is 0. The van der Waals surface area contributed by atoms with Gasteiger partial charge in [-0.1, -0.05) is 37.3 Å². The summed E-state index contributed by atoms with van der Waals surface area (Å²) in [6.07, 6.45) is 3.27. The number of carbonyl (C=O) groups is 1. The number of carbonyl (C=O) groups excluding carboxylic acids is 1. The van der Waals surface area contributed by atoms with Gasteiger partial charge in [0, 0.05) is 12.1 Å². The summed E-state index contributed by atoms with van der Waals surface area (Å²) in [5, 5.41) is 0. The Morgan fingerprint density at radius 3 is 2.94 bits per heavy atom. The quantitative estimate of drug-likeness (QED) is 0.694. The molecule has 1 aliphatic rings. The first kappa shape index (κ1) is 11.2. The van der Waals surface area contributed by atoms with Crippen LogP contribution in [0, 0.1) is 6.92 Å². The SMILES string of the molecule is CCB1CCN(C(=O)c2cccc(C)c2)C1. The molecule has 0 saturated carbocycles. The Bertz CT molecular complexity index is 391. The van der Waals surface area contributed by atoms with Gasteiger partial charge in [-0.15, -0.1) is 0 Å². The number of benzene rings is 1. The lowest BCUT2D eigenvalue weighted by Gasteiger charge is -2.16. The molecule has 0 aliphatic carbocycles. The van der Waals surface area contributed by atoms with Crippen molar-refractivity contribution >= 4 is 12.6 Å².